The molecule has 0 unspecified atom stereocenters. The molecule has 1 aliphatic rings. The predicted octanol–water partition coefficient (Wildman–Crippen LogP) is 7.29. The summed E-state index contributed by atoms with van der Waals surface area (Å²) in [7, 11) is 1.66. The number of hydrogen-bond donors (Lipinski definition) is 0. The van der Waals surface area contributed by atoms with Crippen molar-refractivity contribution in [3.63, 3.8) is 0 Å². The van der Waals surface area contributed by atoms with Gasteiger partial charge in [-0.25, -0.2) is 13.8 Å². The molecule has 5 aromatic rings. The molecule has 0 aliphatic carbocycles. The third-order valence-corrected chi connectivity index (χ3v) is 9.68. The van der Waals surface area contributed by atoms with Crippen LogP contribution in [-0.2, 0) is 41.6 Å². The monoisotopic (exact) mass is 718 g/mol. The quantitative estimate of drug-likeness (QED) is 0.127. The molecule has 12 heteroatoms. The van der Waals surface area contributed by atoms with Crippen molar-refractivity contribution in [2.75, 3.05) is 33.4 Å². The number of piperidine rings is 1. The normalized spacial score (nSPS) is 14.2. The lowest BCUT2D eigenvalue weighted by Gasteiger charge is -2.39. The van der Waals surface area contributed by atoms with Gasteiger partial charge < -0.3 is 19.1 Å². The van der Waals surface area contributed by atoms with Gasteiger partial charge >= 0.3 is 6.18 Å². The highest BCUT2D eigenvalue weighted by molar-refractivity contribution is 5.81. The number of methoxy groups -OCH3 is 1. The molecule has 6 rings (SSSR count). The minimum absolute atomic E-state index is 0.0786. The highest BCUT2D eigenvalue weighted by Gasteiger charge is 2.31. The second kappa shape index (κ2) is 16.2. The predicted molar refractivity (Wildman–Crippen MR) is 189 cm³/mol. The summed E-state index contributed by atoms with van der Waals surface area (Å²) in [6.07, 6.45) is -0.787. The van der Waals surface area contributed by atoms with Crippen LogP contribution >= 0.6 is 0 Å². The van der Waals surface area contributed by atoms with Gasteiger partial charge in [0.05, 0.1) is 17.6 Å². The van der Waals surface area contributed by atoms with Gasteiger partial charge in [0.15, 0.2) is 17.1 Å². The molecule has 0 N–H and O–H groups in total. The highest BCUT2D eigenvalue weighted by atomic mass is 19.4. The summed E-state index contributed by atoms with van der Waals surface area (Å²) in [6.45, 7) is 3.16. The Labute approximate surface area is 298 Å². The average Bonchev–Trinajstić information content (AvgIpc) is 3.15. The summed E-state index contributed by atoms with van der Waals surface area (Å²) in [5, 5.41) is 0.365. The van der Waals surface area contributed by atoms with E-state index in [2.05, 4.69) is 9.88 Å². The molecule has 3 aromatic carbocycles. The van der Waals surface area contributed by atoms with Crippen molar-refractivity contribution in [3.05, 3.63) is 135 Å². The first-order chi connectivity index (χ1) is 25.0. The molecule has 2 aromatic heterocycles. The second-order valence-corrected chi connectivity index (χ2v) is 13.1. The molecule has 0 radical (unpaired) electrons. The van der Waals surface area contributed by atoms with E-state index in [4.69, 9.17) is 4.74 Å². The number of carbonyl (C=O) groups excluding carboxylic acids is 1. The molecule has 52 heavy (non-hydrogen) atoms. The zero-order valence-corrected chi connectivity index (χ0v) is 28.7. The Morgan fingerprint density at radius 1 is 0.885 bits per heavy atom. The van der Waals surface area contributed by atoms with Gasteiger partial charge in [0.1, 0.15) is 12.2 Å². The number of hydrogen-bond acceptors (Lipinski definition) is 5. The van der Waals surface area contributed by atoms with Gasteiger partial charge in [-0.2, -0.15) is 13.2 Å². The number of aryl methyl sites for hydroxylation is 2. The van der Waals surface area contributed by atoms with Gasteiger partial charge in [-0.15, -0.1) is 0 Å². The summed E-state index contributed by atoms with van der Waals surface area (Å²) in [6, 6.07) is 20.9. The number of pyridine rings is 2. The van der Waals surface area contributed by atoms with Crippen LogP contribution in [0.1, 0.15) is 35.2 Å². The van der Waals surface area contributed by atoms with Crippen molar-refractivity contribution in [3.8, 4) is 11.1 Å². The van der Waals surface area contributed by atoms with Gasteiger partial charge in [0, 0.05) is 57.3 Å². The van der Waals surface area contributed by atoms with Crippen LogP contribution in [0.3, 0.4) is 0 Å². The van der Waals surface area contributed by atoms with Gasteiger partial charge in [0.25, 0.3) is 0 Å². The topological polar surface area (TPSA) is 67.7 Å². The smallest absolute Gasteiger partial charge is 0.383 e. The highest BCUT2D eigenvalue weighted by Crippen LogP contribution is 2.31. The molecule has 0 spiro atoms. The van der Waals surface area contributed by atoms with Crippen molar-refractivity contribution in [1.82, 2.24) is 19.4 Å². The molecular formula is C40H39F5N4O3. The van der Waals surface area contributed by atoms with E-state index >= 15 is 0 Å². The third-order valence-electron chi connectivity index (χ3n) is 9.68. The number of rotatable bonds is 12. The Hall–Kier alpha value is -4.94. The van der Waals surface area contributed by atoms with Crippen LogP contribution in [0.4, 0.5) is 22.0 Å². The van der Waals surface area contributed by atoms with E-state index in [1.165, 1.54) is 24.3 Å². The van der Waals surface area contributed by atoms with Crippen LogP contribution in [-0.4, -0.2) is 64.7 Å². The lowest BCUT2D eigenvalue weighted by atomic mass is 10.00. The van der Waals surface area contributed by atoms with E-state index in [9.17, 15) is 31.5 Å². The second-order valence-electron chi connectivity index (χ2n) is 13.1. The summed E-state index contributed by atoms with van der Waals surface area (Å²) in [5.74, 6) is -2.08. The molecule has 272 valence electrons. The van der Waals surface area contributed by atoms with Gasteiger partial charge in [-0.3, -0.25) is 9.59 Å². The molecule has 1 saturated heterocycles. The maximum Gasteiger partial charge on any atom is 0.416 e. The fourth-order valence-electron chi connectivity index (χ4n) is 6.77. The summed E-state index contributed by atoms with van der Waals surface area (Å²) in [5.41, 5.74) is 2.74. The third kappa shape index (κ3) is 8.74. The molecule has 0 bridgehead atoms. The SMILES string of the molecule is COCCN1CCC(N(Cc2ccc(-c3ccc(C(F)(F)F)cc3)cc2)C(=O)Cn2c(CCc3ccc(F)c(F)c3)cc(=O)c3cccnc32)CC1. The van der Waals surface area contributed by atoms with E-state index in [-0.39, 0.29) is 30.3 Å². The van der Waals surface area contributed by atoms with E-state index in [0.29, 0.717) is 47.4 Å². The number of aromatic nitrogens is 2. The molecule has 1 fully saturated rings. The summed E-state index contributed by atoms with van der Waals surface area (Å²) >= 11 is 0. The molecule has 7 nitrogen and oxygen atoms in total. The van der Waals surface area contributed by atoms with E-state index in [1.54, 1.807) is 30.0 Å². The number of carbonyl (C=O) groups is 1. The summed E-state index contributed by atoms with van der Waals surface area (Å²) < 4.78 is 73.9. The lowest BCUT2D eigenvalue weighted by Crippen LogP contribution is -2.48. The van der Waals surface area contributed by atoms with E-state index in [0.717, 1.165) is 67.9 Å². The first-order valence-electron chi connectivity index (χ1n) is 17.2. The number of alkyl halides is 3. The lowest BCUT2D eigenvalue weighted by molar-refractivity contribution is -0.137. The van der Waals surface area contributed by atoms with Gasteiger partial charge in [-0.1, -0.05) is 42.5 Å². The first-order valence-corrected chi connectivity index (χ1v) is 17.2. The first kappa shape index (κ1) is 36.8. The largest absolute Gasteiger partial charge is 0.416 e. The Bertz CT molecular complexity index is 2060. The number of halogens is 5. The Kier molecular flexibility index (Phi) is 11.5. The van der Waals surface area contributed by atoms with E-state index < -0.39 is 23.4 Å². The maximum atomic E-state index is 14.5. The van der Waals surface area contributed by atoms with E-state index in [1.807, 2.05) is 29.2 Å². The molecule has 3 heterocycles. The minimum atomic E-state index is -4.42. The fourth-order valence-corrected chi connectivity index (χ4v) is 6.77. The van der Waals surface area contributed by atoms with Crippen molar-refractivity contribution < 1.29 is 31.5 Å². The van der Waals surface area contributed by atoms with Crippen LogP contribution < -0.4 is 5.43 Å². The van der Waals surface area contributed by atoms with Crippen molar-refractivity contribution >= 4 is 16.9 Å². The Morgan fingerprint density at radius 2 is 1.56 bits per heavy atom. The molecule has 0 atom stereocenters. The number of likely N-dealkylation sites (tertiary alicyclic amines) is 1. The van der Waals surface area contributed by atoms with Crippen LogP contribution in [0.2, 0.25) is 0 Å². The molecule has 1 amide bonds. The molecular weight excluding hydrogens is 679 g/mol. The standard InChI is InChI=1S/C40H39F5N4O3/c1-52-22-21-47-19-16-32(17-20-47)48(25-28-4-8-29(9-5-28)30-10-12-31(13-11-30)40(43,44)45)38(51)26-49-33(14-6-27-7-15-35(41)36(42)23-27)24-37(50)34-3-2-18-46-39(34)49/h2-5,7-13,15,18,23-24,32H,6,14,16-17,19-22,25-26H2,1H3. The van der Waals surface area contributed by atoms with Gasteiger partial charge in [-0.05, 0) is 84.3 Å². The molecule has 1 aliphatic heterocycles. The van der Waals surface area contributed by atoms with Crippen LogP contribution in [0.25, 0.3) is 22.2 Å². The van der Waals surface area contributed by atoms with Crippen molar-refractivity contribution in [2.45, 2.75) is 51.0 Å². The van der Waals surface area contributed by atoms with Crippen LogP contribution in [0, 0.1) is 11.6 Å². The zero-order chi connectivity index (χ0) is 36.8. The number of nitrogens with zero attached hydrogens (tertiary/aromatic N) is 4. The van der Waals surface area contributed by atoms with Crippen LogP contribution in [0.5, 0.6) is 0 Å². The number of ether oxygens (including phenoxy) is 1. The van der Waals surface area contributed by atoms with Gasteiger partial charge in [0.2, 0.25) is 5.91 Å². The van der Waals surface area contributed by atoms with Crippen molar-refractivity contribution in [1.29, 1.82) is 0 Å². The average molecular weight is 719 g/mol. The zero-order valence-electron chi connectivity index (χ0n) is 28.7. The Balaban J connectivity index is 1.28. The number of amides is 1. The molecule has 0 saturated carbocycles. The Morgan fingerprint density at radius 3 is 2.21 bits per heavy atom. The fraction of sp³-hybridized carbons (Fsp3) is 0.325. The van der Waals surface area contributed by atoms with Crippen LogP contribution in [0.15, 0.2) is 95.9 Å². The maximum absolute atomic E-state index is 14.5. The minimum Gasteiger partial charge on any atom is -0.383 e. The summed E-state index contributed by atoms with van der Waals surface area (Å²) in [4.78, 5) is 36.3. The number of benzene rings is 3. The number of fused-ring (bicyclic) bond motifs is 1. The van der Waals surface area contributed by atoms with Crippen molar-refractivity contribution in [2.24, 2.45) is 0 Å².